The summed E-state index contributed by atoms with van der Waals surface area (Å²) in [6.07, 6.45) is 3.34. The van der Waals surface area contributed by atoms with Crippen molar-refractivity contribution in [3.63, 3.8) is 0 Å². The highest BCUT2D eigenvalue weighted by molar-refractivity contribution is 7.80. The lowest BCUT2D eigenvalue weighted by Gasteiger charge is -2.11. The summed E-state index contributed by atoms with van der Waals surface area (Å²) in [5.74, 6) is 1.29. The average molecular weight is 307 g/mol. The van der Waals surface area contributed by atoms with Crippen molar-refractivity contribution in [2.45, 2.75) is 26.3 Å². The Morgan fingerprint density at radius 3 is 2.86 bits per heavy atom. The van der Waals surface area contributed by atoms with Crippen molar-refractivity contribution in [2.75, 3.05) is 5.75 Å². The van der Waals surface area contributed by atoms with Crippen LogP contribution in [0.5, 0.6) is 0 Å². The van der Waals surface area contributed by atoms with Gasteiger partial charge >= 0.3 is 0 Å². The number of nitrogens with zero attached hydrogens (tertiary/aromatic N) is 3. The lowest BCUT2D eigenvalue weighted by molar-refractivity contribution is -0.384. The maximum Gasteiger partial charge on any atom is 0.270 e. The second-order valence-electron chi connectivity index (χ2n) is 5.11. The SMILES string of the molecule is CC(CCS)CCn1cnc2ccc([N+](=O)[O-])cc2c1=O. The summed E-state index contributed by atoms with van der Waals surface area (Å²) in [6, 6.07) is 4.15. The second kappa shape index (κ2) is 6.71. The number of aromatic nitrogens is 2. The number of non-ortho nitro benzene ring substituents is 1. The lowest BCUT2D eigenvalue weighted by atomic mass is 10.1. The predicted molar refractivity (Wildman–Crippen MR) is 84.9 cm³/mol. The van der Waals surface area contributed by atoms with Gasteiger partial charge in [0.2, 0.25) is 0 Å². The fourth-order valence-corrected chi connectivity index (χ4v) is 2.58. The van der Waals surface area contributed by atoms with Crippen molar-refractivity contribution in [2.24, 2.45) is 5.92 Å². The number of hydrogen-bond donors (Lipinski definition) is 1. The number of nitro benzene ring substituents is 1. The number of hydrogen-bond acceptors (Lipinski definition) is 5. The van der Waals surface area contributed by atoms with Gasteiger partial charge in [-0.3, -0.25) is 19.5 Å². The lowest BCUT2D eigenvalue weighted by Crippen LogP contribution is -2.21. The first-order valence-electron chi connectivity index (χ1n) is 6.77. The van der Waals surface area contributed by atoms with Crippen LogP contribution in [0.4, 0.5) is 5.69 Å². The molecule has 1 unspecified atom stereocenters. The van der Waals surface area contributed by atoms with E-state index in [1.807, 2.05) is 0 Å². The van der Waals surface area contributed by atoms with E-state index in [1.165, 1.54) is 29.1 Å². The fraction of sp³-hybridized carbons (Fsp3) is 0.429. The molecule has 1 aromatic heterocycles. The Bertz CT molecular complexity index is 714. The summed E-state index contributed by atoms with van der Waals surface area (Å²) >= 11 is 4.19. The molecule has 7 heteroatoms. The van der Waals surface area contributed by atoms with Crippen molar-refractivity contribution in [1.29, 1.82) is 0 Å². The van der Waals surface area contributed by atoms with Crippen molar-refractivity contribution in [3.8, 4) is 0 Å². The summed E-state index contributed by atoms with van der Waals surface area (Å²) in [5, 5.41) is 11.1. The number of aryl methyl sites for hydroxylation is 1. The van der Waals surface area contributed by atoms with E-state index < -0.39 is 4.92 Å². The standard InChI is InChI=1S/C14H17N3O3S/c1-10(5-7-21)4-6-16-9-15-13-3-2-11(17(19)20)8-12(13)14(16)18/h2-3,8-10,21H,4-7H2,1H3. The van der Waals surface area contributed by atoms with Gasteiger partial charge < -0.3 is 0 Å². The van der Waals surface area contributed by atoms with Crippen LogP contribution in [0.1, 0.15) is 19.8 Å². The molecule has 1 heterocycles. The Labute approximate surface area is 127 Å². The van der Waals surface area contributed by atoms with Crippen LogP contribution in [0.2, 0.25) is 0 Å². The van der Waals surface area contributed by atoms with Crippen LogP contribution in [0.3, 0.4) is 0 Å². The molecular formula is C14H17N3O3S. The first kappa shape index (κ1) is 15.5. The van der Waals surface area contributed by atoms with Crippen molar-refractivity contribution in [1.82, 2.24) is 9.55 Å². The van der Waals surface area contributed by atoms with E-state index in [0.29, 0.717) is 18.0 Å². The average Bonchev–Trinajstić information content (AvgIpc) is 2.46. The van der Waals surface area contributed by atoms with Gasteiger partial charge in [-0.1, -0.05) is 6.92 Å². The molecule has 0 saturated heterocycles. The van der Waals surface area contributed by atoms with E-state index in [2.05, 4.69) is 24.5 Å². The number of thiol groups is 1. The highest BCUT2D eigenvalue weighted by Gasteiger charge is 2.11. The van der Waals surface area contributed by atoms with Gasteiger partial charge in [0.25, 0.3) is 11.2 Å². The smallest absolute Gasteiger partial charge is 0.270 e. The predicted octanol–water partition coefficient (Wildman–Crippen LogP) is 2.65. The maximum atomic E-state index is 12.4. The van der Waals surface area contributed by atoms with E-state index in [-0.39, 0.29) is 16.6 Å². The topological polar surface area (TPSA) is 78.0 Å². The van der Waals surface area contributed by atoms with E-state index in [4.69, 9.17) is 0 Å². The number of benzene rings is 1. The van der Waals surface area contributed by atoms with Gasteiger partial charge in [0, 0.05) is 18.7 Å². The monoisotopic (exact) mass is 307 g/mol. The molecule has 2 rings (SSSR count). The minimum Gasteiger partial charge on any atom is -0.299 e. The molecule has 0 amide bonds. The molecule has 0 saturated carbocycles. The molecule has 0 spiro atoms. The molecule has 2 aromatic rings. The first-order chi connectivity index (χ1) is 10.0. The zero-order valence-corrected chi connectivity index (χ0v) is 12.6. The van der Waals surface area contributed by atoms with Gasteiger partial charge in [-0.05, 0) is 30.6 Å². The molecule has 0 aliphatic heterocycles. The largest absolute Gasteiger partial charge is 0.299 e. The van der Waals surface area contributed by atoms with Crippen molar-refractivity contribution in [3.05, 3.63) is 45.0 Å². The maximum absolute atomic E-state index is 12.4. The van der Waals surface area contributed by atoms with Gasteiger partial charge in [0.05, 0.1) is 22.2 Å². The van der Waals surface area contributed by atoms with Gasteiger partial charge in [-0.2, -0.15) is 12.6 Å². The Hall–Kier alpha value is -1.89. The van der Waals surface area contributed by atoms with Crippen LogP contribution in [-0.2, 0) is 6.54 Å². The molecule has 21 heavy (non-hydrogen) atoms. The van der Waals surface area contributed by atoms with Gasteiger partial charge in [0.15, 0.2) is 0 Å². The number of fused-ring (bicyclic) bond motifs is 1. The summed E-state index contributed by atoms with van der Waals surface area (Å²) in [5.41, 5.74) is 0.148. The van der Waals surface area contributed by atoms with E-state index >= 15 is 0 Å². The molecule has 1 aromatic carbocycles. The minimum atomic E-state index is -0.509. The van der Waals surface area contributed by atoms with Gasteiger partial charge in [-0.25, -0.2) is 4.98 Å². The fourth-order valence-electron chi connectivity index (χ4n) is 2.14. The van der Waals surface area contributed by atoms with Crippen LogP contribution in [0, 0.1) is 16.0 Å². The zero-order valence-electron chi connectivity index (χ0n) is 11.7. The van der Waals surface area contributed by atoms with Crippen LogP contribution >= 0.6 is 12.6 Å². The third-order valence-electron chi connectivity index (χ3n) is 3.50. The molecule has 0 N–H and O–H groups in total. The Kier molecular flexibility index (Phi) is 4.95. The Morgan fingerprint density at radius 2 is 2.19 bits per heavy atom. The molecule has 1 atom stereocenters. The third kappa shape index (κ3) is 3.60. The normalized spacial score (nSPS) is 12.5. The van der Waals surface area contributed by atoms with Crippen molar-refractivity contribution >= 4 is 29.2 Å². The molecule has 0 aliphatic carbocycles. The van der Waals surface area contributed by atoms with Crippen LogP contribution in [0.25, 0.3) is 10.9 Å². The molecule has 0 radical (unpaired) electrons. The van der Waals surface area contributed by atoms with Crippen molar-refractivity contribution < 1.29 is 4.92 Å². The van der Waals surface area contributed by atoms with Crippen LogP contribution < -0.4 is 5.56 Å². The van der Waals surface area contributed by atoms with Crippen LogP contribution in [0.15, 0.2) is 29.3 Å². The molecule has 0 fully saturated rings. The molecule has 6 nitrogen and oxygen atoms in total. The Morgan fingerprint density at radius 1 is 1.43 bits per heavy atom. The molecule has 0 aliphatic rings. The minimum absolute atomic E-state index is 0.0948. The summed E-state index contributed by atoms with van der Waals surface area (Å²) in [7, 11) is 0. The highest BCUT2D eigenvalue weighted by Crippen LogP contribution is 2.16. The first-order valence-corrected chi connectivity index (χ1v) is 7.40. The molecule has 0 bridgehead atoms. The van der Waals surface area contributed by atoms with Gasteiger partial charge in [-0.15, -0.1) is 0 Å². The van der Waals surface area contributed by atoms with Gasteiger partial charge in [0.1, 0.15) is 0 Å². The number of rotatable bonds is 6. The molecule has 112 valence electrons. The van der Waals surface area contributed by atoms with Crippen LogP contribution in [-0.4, -0.2) is 20.2 Å². The Balaban J connectivity index is 2.31. The highest BCUT2D eigenvalue weighted by atomic mass is 32.1. The third-order valence-corrected chi connectivity index (χ3v) is 3.76. The summed E-state index contributed by atoms with van der Waals surface area (Å²) in [6.45, 7) is 2.67. The summed E-state index contributed by atoms with van der Waals surface area (Å²) in [4.78, 5) is 26.8. The zero-order chi connectivity index (χ0) is 15.4. The number of nitro groups is 1. The quantitative estimate of drug-likeness (QED) is 0.505. The second-order valence-corrected chi connectivity index (χ2v) is 5.56. The molecular weight excluding hydrogens is 290 g/mol. The van der Waals surface area contributed by atoms with E-state index in [1.54, 1.807) is 0 Å². The summed E-state index contributed by atoms with van der Waals surface area (Å²) < 4.78 is 1.51. The van der Waals surface area contributed by atoms with E-state index in [9.17, 15) is 14.9 Å². The van der Waals surface area contributed by atoms with E-state index in [0.717, 1.165) is 18.6 Å².